The molecule has 3 aromatic rings. The monoisotopic (exact) mass is 382 g/mol. The van der Waals surface area contributed by atoms with Crippen LogP contribution in [0, 0.1) is 23.0 Å². The molecule has 0 unspecified atom stereocenters. The van der Waals surface area contributed by atoms with Crippen molar-refractivity contribution in [2.75, 3.05) is 5.32 Å². The van der Waals surface area contributed by atoms with Crippen molar-refractivity contribution in [2.45, 2.75) is 19.8 Å². The Bertz CT molecular complexity index is 1010. The number of nitrogens with zero attached hydrogens (tertiary/aromatic N) is 1. The highest BCUT2D eigenvalue weighted by Gasteiger charge is 2.23. The maximum absolute atomic E-state index is 14.7. The summed E-state index contributed by atoms with van der Waals surface area (Å²) >= 11 is 6.27. The minimum atomic E-state index is -0.669. The molecule has 3 aromatic carbocycles. The number of rotatable bonds is 5. The lowest BCUT2D eigenvalue weighted by molar-refractivity contribution is 0.624. The van der Waals surface area contributed by atoms with E-state index in [0.717, 1.165) is 12.1 Å². The first-order valence-electron chi connectivity index (χ1n) is 8.58. The van der Waals surface area contributed by atoms with Crippen molar-refractivity contribution >= 4 is 23.0 Å². The van der Waals surface area contributed by atoms with Crippen molar-refractivity contribution in [3.05, 3.63) is 82.4 Å². The molecule has 136 valence electrons. The summed E-state index contributed by atoms with van der Waals surface area (Å²) in [6, 6.07) is 16.8. The van der Waals surface area contributed by atoms with Crippen molar-refractivity contribution in [1.29, 1.82) is 5.26 Å². The van der Waals surface area contributed by atoms with Gasteiger partial charge in [-0.3, -0.25) is 0 Å². The molecule has 0 heterocycles. The van der Waals surface area contributed by atoms with Crippen LogP contribution >= 0.6 is 11.6 Å². The molecule has 0 spiro atoms. The molecule has 0 saturated heterocycles. The van der Waals surface area contributed by atoms with E-state index >= 15 is 0 Å². The Kier molecular flexibility index (Phi) is 5.73. The highest BCUT2D eigenvalue weighted by atomic mass is 35.5. The largest absolute Gasteiger partial charge is 0.355 e. The number of nitrogens with one attached hydrogen (secondary N) is 1. The molecule has 0 atom stereocenters. The van der Waals surface area contributed by atoms with Gasteiger partial charge in [0.2, 0.25) is 0 Å². The summed E-state index contributed by atoms with van der Waals surface area (Å²) in [6.07, 6.45) is 1.29. The Balaban J connectivity index is 2.29. The second-order valence-corrected chi connectivity index (χ2v) is 6.47. The van der Waals surface area contributed by atoms with Crippen LogP contribution in [0.3, 0.4) is 0 Å². The second-order valence-electron chi connectivity index (χ2n) is 6.09. The zero-order valence-electron chi connectivity index (χ0n) is 14.7. The van der Waals surface area contributed by atoms with Crippen molar-refractivity contribution in [1.82, 2.24) is 0 Å². The Morgan fingerprint density at radius 2 is 1.74 bits per heavy atom. The number of anilines is 2. The molecule has 0 radical (unpaired) electrons. The molecule has 0 fully saturated rings. The van der Waals surface area contributed by atoms with E-state index in [9.17, 15) is 14.0 Å². The summed E-state index contributed by atoms with van der Waals surface area (Å²) in [5.74, 6) is -1.28. The average Bonchev–Trinajstić information content (AvgIpc) is 2.67. The lowest BCUT2D eigenvalue weighted by Gasteiger charge is -2.19. The number of halogens is 3. The topological polar surface area (TPSA) is 35.8 Å². The predicted molar refractivity (Wildman–Crippen MR) is 105 cm³/mol. The molecule has 27 heavy (non-hydrogen) atoms. The summed E-state index contributed by atoms with van der Waals surface area (Å²) in [7, 11) is 0. The van der Waals surface area contributed by atoms with Crippen LogP contribution in [-0.2, 0) is 6.42 Å². The van der Waals surface area contributed by atoms with Gasteiger partial charge in [-0.25, -0.2) is 8.78 Å². The van der Waals surface area contributed by atoms with Gasteiger partial charge in [-0.1, -0.05) is 49.2 Å². The molecular weight excluding hydrogens is 366 g/mol. The van der Waals surface area contributed by atoms with Crippen molar-refractivity contribution in [3.8, 4) is 17.2 Å². The molecule has 2 nitrogen and oxygen atoms in total. The van der Waals surface area contributed by atoms with E-state index in [4.69, 9.17) is 11.6 Å². The maximum Gasteiger partial charge on any atom is 0.144 e. The van der Waals surface area contributed by atoms with E-state index < -0.39 is 11.6 Å². The minimum Gasteiger partial charge on any atom is -0.355 e. The fraction of sp³-hybridized carbons (Fsp3) is 0.136. The third-order valence-electron chi connectivity index (χ3n) is 4.26. The van der Waals surface area contributed by atoms with Crippen LogP contribution in [-0.4, -0.2) is 0 Å². The molecule has 1 N–H and O–H groups in total. The predicted octanol–water partition coefficient (Wildman–Crippen LogP) is 6.85. The summed E-state index contributed by atoms with van der Waals surface area (Å²) in [5.41, 5.74) is 2.33. The first-order valence-corrected chi connectivity index (χ1v) is 8.96. The third kappa shape index (κ3) is 3.79. The van der Waals surface area contributed by atoms with Gasteiger partial charge in [-0.2, -0.15) is 5.26 Å². The molecule has 0 amide bonds. The Labute approximate surface area is 162 Å². The molecule has 0 aliphatic carbocycles. The van der Waals surface area contributed by atoms with E-state index in [0.29, 0.717) is 17.7 Å². The summed E-state index contributed by atoms with van der Waals surface area (Å²) in [6.45, 7) is 1.97. The minimum absolute atomic E-state index is 0.0315. The molecule has 0 aliphatic rings. The Morgan fingerprint density at radius 3 is 2.41 bits per heavy atom. The van der Waals surface area contributed by atoms with Crippen molar-refractivity contribution in [2.24, 2.45) is 0 Å². The molecule has 0 aliphatic heterocycles. The molecule has 0 aromatic heterocycles. The van der Waals surface area contributed by atoms with Gasteiger partial charge >= 0.3 is 0 Å². The van der Waals surface area contributed by atoms with Crippen LogP contribution in [0.25, 0.3) is 11.1 Å². The number of hydrogen-bond donors (Lipinski definition) is 1. The smallest absolute Gasteiger partial charge is 0.144 e. The first-order chi connectivity index (χ1) is 13.1. The van der Waals surface area contributed by atoms with Gasteiger partial charge in [0.05, 0.1) is 16.7 Å². The lowest BCUT2D eigenvalue weighted by atomic mass is 9.91. The van der Waals surface area contributed by atoms with Crippen LogP contribution in [0.2, 0.25) is 5.02 Å². The second kappa shape index (κ2) is 8.20. The fourth-order valence-corrected chi connectivity index (χ4v) is 3.36. The summed E-state index contributed by atoms with van der Waals surface area (Å²) in [5, 5.41) is 12.4. The first kappa shape index (κ1) is 18.9. The van der Waals surface area contributed by atoms with Gasteiger partial charge in [-0.15, -0.1) is 0 Å². The van der Waals surface area contributed by atoms with Gasteiger partial charge in [0, 0.05) is 22.5 Å². The highest BCUT2D eigenvalue weighted by molar-refractivity contribution is 6.34. The standard InChI is InChI=1S/C22H17ClF2N2/c1-2-7-16-19(27-15-9-4-3-5-10-15)12-18(25)22(23)21(16)20-14(13-26)8-6-11-17(20)24/h3-6,8-12,27H,2,7H2,1H3. The zero-order valence-corrected chi connectivity index (χ0v) is 15.4. The number of para-hydroxylation sites is 1. The fourth-order valence-electron chi connectivity index (χ4n) is 3.09. The maximum atomic E-state index is 14.7. The van der Waals surface area contributed by atoms with Crippen LogP contribution in [0.1, 0.15) is 24.5 Å². The van der Waals surface area contributed by atoms with E-state index in [-0.39, 0.29) is 21.7 Å². The average molecular weight is 383 g/mol. The van der Waals surface area contributed by atoms with Crippen LogP contribution in [0.15, 0.2) is 54.6 Å². The van der Waals surface area contributed by atoms with E-state index in [2.05, 4.69) is 5.32 Å². The highest BCUT2D eigenvalue weighted by Crippen LogP contribution is 2.41. The van der Waals surface area contributed by atoms with E-state index in [1.54, 1.807) is 0 Å². The molecule has 0 bridgehead atoms. The third-order valence-corrected chi connectivity index (χ3v) is 4.63. The van der Waals surface area contributed by atoms with Gasteiger partial charge in [-0.05, 0) is 42.3 Å². The van der Waals surface area contributed by atoms with Gasteiger partial charge < -0.3 is 5.32 Å². The normalized spacial score (nSPS) is 10.5. The van der Waals surface area contributed by atoms with Crippen LogP contribution in [0.5, 0.6) is 0 Å². The van der Waals surface area contributed by atoms with Gasteiger partial charge in [0.25, 0.3) is 0 Å². The van der Waals surface area contributed by atoms with Crippen molar-refractivity contribution < 1.29 is 8.78 Å². The molecule has 5 heteroatoms. The zero-order chi connectivity index (χ0) is 19.4. The van der Waals surface area contributed by atoms with Gasteiger partial charge in [0.1, 0.15) is 11.6 Å². The quantitative estimate of drug-likeness (QED) is 0.523. The Hall–Kier alpha value is -2.90. The SMILES string of the molecule is CCCc1c(Nc2ccccc2)cc(F)c(Cl)c1-c1c(F)cccc1C#N. The van der Waals surface area contributed by atoms with Crippen LogP contribution < -0.4 is 5.32 Å². The Morgan fingerprint density at radius 1 is 1.00 bits per heavy atom. The molecular formula is C22H17ClF2N2. The summed E-state index contributed by atoms with van der Waals surface area (Å²) < 4.78 is 29.3. The summed E-state index contributed by atoms with van der Waals surface area (Å²) in [4.78, 5) is 0. The number of nitriles is 1. The molecule has 0 saturated carbocycles. The number of benzene rings is 3. The lowest BCUT2D eigenvalue weighted by Crippen LogP contribution is -2.03. The van der Waals surface area contributed by atoms with Gasteiger partial charge in [0.15, 0.2) is 0 Å². The van der Waals surface area contributed by atoms with Crippen LogP contribution in [0.4, 0.5) is 20.2 Å². The number of hydrogen-bond acceptors (Lipinski definition) is 2. The van der Waals surface area contributed by atoms with E-state index in [1.165, 1.54) is 24.3 Å². The van der Waals surface area contributed by atoms with Crippen molar-refractivity contribution in [3.63, 3.8) is 0 Å². The van der Waals surface area contributed by atoms with E-state index in [1.807, 2.05) is 43.3 Å². The molecule has 3 rings (SSSR count).